The fourth-order valence-corrected chi connectivity index (χ4v) is 4.41. The second-order valence-electron chi connectivity index (χ2n) is 8.96. The van der Waals surface area contributed by atoms with E-state index in [0.29, 0.717) is 40.8 Å². The lowest BCUT2D eigenvalue weighted by Crippen LogP contribution is -2.49. The van der Waals surface area contributed by atoms with Gasteiger partial charge in [0.15, 0.2) is 11.6 Å². The van der Waals surface area contributed by atoms with Crippen molar-refractivity contribution in [3.8, 4) is 0 Å². The number of anilines is 1. The smallest absolute Gasteiger partial charge is 0.238 e. The van der Waals surface area contributed by atoms with E-state index < -0.39 is 6.04 Å². The first-order valence-corrected chi connectivity index (χ1v) is 12.2. The molecule has 0 spiro atoms. The van der Waals surface area contributed by atoms with Gasteiger partial charge in [0.2, 0.25) is 5.91 Å². The normalized spacial score (nSPS) is 14.0. The summed E-state index contributed by atoms with van der Waals surface area (Å²) in [6.07, 6.45) is 3.84. The third kappa shape index (κ3) is 5.66. The zero-order valence-corrected chi connectivity index (χ0v) is 19.9. The van der Waals surface area contributed by atoms with Gasteiger partial charge in [0, 0.05) is 27.9 Å². The molecule has 1 aliphatic carbocycles. The SMILES string of the molecule is CCCCCC(NC(=O)[C@@H](N)Cc1ccccc1)Nc1ccc2c(c1)C(=O)c1ccccc1C2=O. The largest absolute Gasteiger partial charge is 0.365 e. The lowest BCUT2D eigenvalue weighted by Gasteiger charge is -2.24. The number of hydrogen-bond donors (Lipinski definition) is 3. The van der Waals surface area contributed by atoms with Gasteiger partial charge in [-0.25, -0.2) is 0 Å². The molecule has 0 fully saturated rings. The molecule has 0 saturated heterocycles. The summed E-state index contributed by atoms with van der Waals surface area (Å²) in [6, 6.07) is 21.1. The zero-order valence-electron chi connectivity index (χ0n) is 19.9. The summed E-state index contributed by atoms with van der Waals surface area (Å²) in [4.78, 5) is 38.8. The molecule has 0 saturated carbocycles. The van der Waals surface area contributed by atoms with E-state index in [2.05, 4.69) is 17.6 Å². The maximum atomic E-state index is 13.1. The Morgan fingerprint density at radius 3 is 2.14 bits per heavy atom. The molecule has 6 nitrogen and oxygen atoms in total. The molecule has 4 N–H and O–H groups in total. The number of carbonyl (C=O) groups is 3. The number of unbranched alkanes of at least 4 members (excludes halogenated alkanes) is 2. The minimum atomic E-state index is -0.674. The molecule has 0 aliphatic heterocycles. The zero-order chi connectivity index (χ0) is 24.8. The molecule has 0 heterocycles. The second-order valence-corrected chi connectivity index (χ2v) is 8.96. The molecule has 6 heteroatoms. The van der Waals surface area contributed by atoms with Crippen molar-refractivity contribution in [2.24, 2.45) is 5.73 Å². The predicted molar refractivity (Wildman–Crippen MR) is 138 cm³/mol. The second kappa shape index (κ2) is 11.1. The Hall–Kier alpha value is -3.77. The standard InChI is InChI=1S/C29H31N3O3/c1-2-3-5-14-26(32-29(35)25(30)17-19-10-6-4-7-11-19)31-20-15-16-23-24(18-20)28(34)22-13-9-8-12-21(22)27(23)33/h4,6-13,15-16,18,25-26,31H,2-3,5,14,17,30H2,1H3,(H,32,35)/t25-,26?/m0/s1. The van der Waals surface area contributed by atoms with Gasteiger partial charge in [0.05, 0.1) is 12.2 Å². The Morgan fingerprint density at radius 1 is 0.829 bits per heavy atom. The van der Waals surface area contributed by atoms with Gasteiger partial charge in [-0.3, -0.25) is 14.4 Å². The van der Waals surface area contributed by atoms with Crippen molar-refractivity contribution in [3.63, 3.8) is 0 Å². The molecular formula is C29H31N3O3. The highest BCUT2D eigenvalue weighted by Gasteiger charge is 2.29. The fraction of sp³-hybridized carbons (Fsp3) is 0.276. The van der Waals surface area contributed by atoms with Crippen LogP contribution in [0.15, 0.2) is 72.8 Å². The van der Waals surface area contributed by atoms with Gasteiger partial charge in [-0.05, 0) is 43.0 Å². The highest BCUT2D eigenvalue weighted by Crippen LogP contribution is 2.29. The summed E-state index contributed by atoms with van der Waals surface area (Å²) in [5.74, 6) is -0.558. The number of carbonyl (C=O) groups excluding carboxylic acids is 3. The molecule has 0 radical (unpaired) electrons. The Balaban J connectivity index is 1.50. The maximum Gasteiger partial charge on any atom is 0.238 e. The number of rotatable bonds is 10. The number of nitrogens with one attached hydrogen (secondary N) is 2. The average Bonchev–Trinajstić information content (AvgIpc) is 2.88. The first-order chi connectivity index (χ1) is 17.0. The maximum absolute atomic E-state index is 13.1. The van der Waals surface area contributed by atoms with E-state index in [0.717, 1.165) is 24.8 Å². The Kier molecular flexibility index (Phi) is 7.73. The first-order valence-electron chi connectivity index (χ1n) is 12.2. The summed E-state index contributed by atoms with van der Waals surface area (Å²) in [5, 5.41) is 6.38. The van der Waals surface area contributed by atoms with Crippen LogP contribution in [-0.2, 0) is 11.2 Å². The summed E-state index contributed by atoms with van der Waals surface area (Å²) in [5.41, 5.74) is 9.49. The number of fused-ring (bicyclic) bond motifs is 2. The van der Waals surface area contributed by atoms with Crippen LogP contribution >= 0.6 is 0 Å². The number of nitrogens with two attached hydrogens (primary N) is 1. The van der Waals surface area contributed by atoms with Crippen LogP contribution in [0, 0.1) is 0 Å². The quantitative estimate of drug-likeness (QED) is 0.235. The topological polar surface area (TPSA) is 101 Å². The van der Waals surface area contributed by atoms with Gasteiger partial charge < -0.3 is 16.4 Å². The van der Waals surface area contributed by atoms with Gasteiger partial charge in [-0.15, -0.1) is 0 Å². The predicted octanol–water partition coefficient (Wildman–Crippen LogP) is 4.47. The van der Waals surface area contributed by atoms with E-state index in [4.69, 9.17) is 5.73 Å². The van der Waals surface area contributed by atoms with E-state index in [1.54, 1.807) is 42.5 Å². The Labute approximate surface area is 205 Å². The summed E-state index contributed by atoms with van der Waals surface area (Å²) < 4.78 is 0. The van der Waals surface area contributed by atoms with Crippen LogP contribution in [0.1, 0.15) is 70.0 Å². The van der Waals surface area contributed by atoms with Crippen molar-refractivity contribution >= 4 is 23.2 Å². The molecule has 1 aliphatic rings. The molecule has 4 rings (SSSR count). The monoisotopic (exact) mass is 469 g/mol. The van der Waals surface area contributed by atoms with Gasteiger partial charge in [-0.2, -0.15) is 0 Å². The third-order valence-corrected chi connectivity index (χ3v) is 6.31. The summed E-state index contributed by atoms with van der Waals surface area (Å²) >= 11 is 0. The summed E-state index contributed by atoms with van der Waals surface area (Å²) in [7, 11) is 0. The molecular weight excluding hydrogens is 438 g/mol. The average molecular weight is 470 g/mol. The minimum Gasteiger partial charge on any atom is -0.365 e. The molecule has 0 aromatic heterocycles. The van der Waals surface area contributed by atoms with Gasteiger partial charge in [0.1, 0.15) is 0 Å². The van der Waals surface area contributed by atoms with Crippen LogP contribution in [0.25, 0.3) is 0 Å². The molecule has 1 unspecified atom stereocenters. The van der Waals surface area contributed by atoms with Gasteiger partial charge >= 0.3 is 0 Å². The molecule has 180 valence electrons. The van der Waals surface area contributed by atoms with Crippen molar-refractivity contribution in [2.75, 3.05) is 5.32 Å². The van der Waals surface area contributed by atoms with Crippen LogP contribution in [0.2, 0.25) is 0 Å². The van der Waals surface area contributed by atoms with E-state index in [-0.39, 0.29) is 23.6 Å². The Morgan fingerprint density at radius 2 is 1.46 bits per heavy atom. The van der Waals surface area contributed by atoms with Gasteiger partial charge in [0.25, 0.3) is 0 Å². The lowest BCUT2D eigenvalue weighted by atomic mass is 9.84. The minimum absolute atomic E-state index is 0.151. The molecule has 3 aromatic rings. The van der Waals surface area contributed by atoms with Crippen molar-refractivity contribution in [1.82, 2.24) is 5.32 Å². The van der Waals surface area contributed by atoms with Crippen molar-refractivity contribution in [1.29, 1.82) is 0 Å². The molecule has 1 amide bonds. The van der Waals surface area contributed by atoms with E-state index in [1.165, 1.54) is 0 Å². The summed E-state index contributed by atoms with van der Waals surface area (Å²) in [6.45, 7) is 2.13. The van der Waals surface area contributed by atoms with Crippen LogP contribution in [-0.4, -0.2) is 29.7 Å². The lowest BCUT2D eigenvalue weighted by molar-refractivity contribution is -0.122. The number of ketones is 2. The number of amides is 1. The van der Waals surface area contributed by atoms with E-state index in [1.807, 2.05) is 30.3 Å². The molecule has 3 aromatic carbocycles. The molecule has 35 heavy (non-hydrogen) atoms. The fourth-order valence-electron chi connectivity index (χ4n) is 4.41. The molecule has 2 atom stereocenters. The first kappa shape index (κ1) is 24.4. The van der Waals surface area contributed by atoms with E-state index in [9.17, 15) is 14.4 Å². The molecule has 0 bridgehead atoms. The van der Waals surface area contributed by atoms with Crippen molar-refractivity contribution in [3.05, 3.63) is 101 Å². The van der Waals surface area contributed by atoms with Crippen LogP contribution in [0.5, 0.6) is 0 Å². The van der Waals surface area contributed by atoms with Crippen molar-refractivity contribution < 1.29 is 14.4 Å². The number of hydrogen-bond acceptors (Lipinski definition) is 5. The highest BCUT2D eigenvalue weighted by molar-refractivity contribution is 6.28. The number of benzene rings is 3. The third-order valence-electron chi connectivity index (χ3n) is 6.31. The Bertz CT molecular complexity index is 1220. The van der Waals surface area contributed by atoms with Crippen molar-refractivity contribution in [2.45, 2.75) is 51.2 Å². The van der Waals surface area contributed by atoms with E-state index >= 15 is 0 Å². The highest BCUT2D eigenvalue weighted by atomic mass is 16.2. The van der Waals surface area contributed by atoms with Crippen LogP contribution in [0.3, 0.4) is 0 Å². The van der Waals surface area contributed by atoms with Crippen LogP contribution in [0.4, 0.5) is 5.69 Å². The van der Waals surface area contributed by atoms with Crippen LogP contribution < -0.4 is 16.4 Å². The van der Waals surface area contributed by atoms with Gasteiger partial charge in [-0.1, -0.05) is 74.4 Å².